The van der Waals surface area contributed by atoms with Crippen molar-refractivity contribution >= 4 is 6.08 Å². The Morgan fingerprint density at radius 3 is 1.63 bits per heavy atom. The molecule has 0 fully saturated rings. The van der Waals surface area contributed by atoms with Crippen LogP contribution in [0.3, 0.4) is 0 Å². The van der Waals surface area contributed by atoms with Crippen LogP contribution >= 0.6 is 0 Å². The van der Waals surface area contributed by atoms with Gasteiger partial charge in [-0.05, 0) is 58.2 Å². The Kier molecular flexibility index (Phi) is 6.22. The molecule has 0 aromatic heterocycles. The number of hydrogen-bond acceptors (Lipinski definition) is 1. The van der Waals surface area contributed by atoms with Gasteiger partial charge >= 0.3 is 0 Å². The van der Waals surface area contributed by atoms with Crippen LogP contribution in [0.1, 0.15) is 65.2 Å². The van der Waals surface area contributed by atoms with E-state index in [2.05, 4.69) is 114 Å². The molecule has 0 aliphatic heterocycles. The van der Waals surface area contributed by atoms with Gasteiger partial charge in [-0.25, -0.2) is 0 Å². The summed E-state index contributed by atoms with van der Waals surface area (Å²) in [4.78, 5) is 0. The summed E-state index contributed by atoms with van der Waals surface area (Å²) < 4.78 is 6.32. The zero-order valence-corrected chi connectivity index (χ0v) is 19.4. The molecule has 0 heterocycles. The molecule has 0 saturated heterocycles. The average Bonchev–Trinajstić information content (AvgIpc) is 2.69. The van der Waals surface area contributed by atoms with Crippen molar-refractivity contribution in [3.05, 3.63) is 89.5 Å². The lowest BCUT2D eigenvalue weighted by Crippen LogP contribution is -2.10. The maximum absolute atomic E-state index is 6.32. The molecule has 0 amide bonds. The van der Waals surface area contributed by atoms with Gasteiger partial charge < -0.3 is 4.74 Å². The second-order valence-electron chi connectivity index (χ2n) is 9.96. The van der Waals surface area contributed by atoms with E-state index < -0.39 is 0 Å². The highest BCUT2D eigenvalue weighted by Gasteiger charge is 2.15. The molecule has 0 spiro atoms. The van der Waals surface area contributed by atoms with Crippen molar-refractivity contribution in [2.75, 3.05) is 0 Å². The van der Waals surface area contributed by atoms with Gasteiger partial charge in [0, 0.05) is 5.56 Å². The normalized spacial score (nSPS) is 12.4. The summed E-state index contributed by atoms with van der Waals surface area (Å²) in [6.07, 6.45) is 4.13. The molecule has 0 aliphatic carbocycles. The molecule has 0 saturated carbocycles. The average molecular weight is 399 g/mol. The highest BCUT2D eigenvalue weighted by Crippen LogP contribution is 2.34. The van der Waals surface area contributed by atoms with Crippen molar-refractivity contribution in [2.24, 2.45) is 0 Å². The lowest BCUT2D eigenvalue weighted by Gasteiger charge is -2.20. The molecule has 0 atom stereocenters. The molecule has 3 aromatic carbocycles. The third kappa shape index (κ3) is 5.21. The summed E-state index contributed by atoms with van der Waals surface area (Å²) >= 11 is 0. The molecule has 0 N–H and O–H groups in total. The van der Waals surface area contributed by atoms with Gasteiger partial charge in [0.25, 0.3) is 0 Å². The van der Waals surface area contributed by atoms with Crippen molar-refractivity contribution in [3.8, 4) is 22.6 Å². The molecule has 0 aliphatic rings. The van der Waals surface area contributed by atoms with Gasteiger partial charge in [-0.3, -0.25) is 0 Å². The number of allylic oxidation sites excluding steroid dienone is 1. The van der Waals surface area contributed by atoms with Gasteiger partial charge in [-0.15, -0.1) is 0 Å². The van der Waals surface area contributed by atoms with E-state index in [9.17, 15) is 0 Å². The van der Waals surface area contributed by atoms with Crippen LogP contribution in [0.15, 0.2) is 72.8 Å². The molecule has 1 heteroatoms. The van der Waals surface area contributed by atoms with Gasteiger partial charge in [0.1, 0.15) is 11.5 Å². The molecule has 0 radical (unpaired) electrons. The van der Waals surface area contributed by atoms with E-state index in [0.717, 1.165) is 22.6 Å². The molecule has 0 unspecified atom stereocenters. The zero-order valence-electron chi connectivity index (χ0n) is 19.4. The minimum Gasteiger partial charge on any atom is -0.457 e. The summed E-state index contributed by atoms with van der Waals surface area (Å²) in [5.41, 5.74) is 6.36. The number of rotatable bonds is 4. The van der Waals surface area contributed by atoms with Crippen LogP contribution in [0.5, 0.6) is 11.5 Å². The number of benzene rings is 3. The van der Waals surface area contributed by atoms with Crippen molar-refractivity contribution in [3.63, 3.8) is 0 Å². The van der Waals surface area contributed by atoms with E-state index in [1.54, 1.807) is 0 Å². The lowest BCUT2D eigenvalue weighted by molar-refractivity contribution is 0.480. The Hall–Kier alpha value is -2.80. The predicted molar refractivity (Wildman–Crippen MR) is 131 cm³/mol. The lowest BCUT2D eigenvalue weighted by atomic mass is 9.86. The Morgan fingerprint density at radius 2 is 1.13 bits per heavy atom. The first-order chi connectivity index (χ1) is 14.1. The highest BCUT2D eigenvalue weighted by molar-refractivity contribution is 5.70. The van der Waals surface area contributed by atoms with E-state index >= 15 is 0 Å². The first kappa shape index (κ1) is 21.9. The molecular weight excluding hydrogens is 364 g/mol. The zero-order chi connectivity index (χ0) is 21.9. The van der Waals surface area contributed by atoms with Gasteiger partial charge in [-0.2, -0.15) is 0 Å². The Morgan fingerprint density at radius 1 is 0.633 bits per heavy atom. The fourth-order valence-corrected chi connectivity index (χ4v) is 3.43. The largest absolute Gasteiger partial charge is 0.457 e. The molecule has 1 nitrogen and oxygen atoms in total. The van der Waals surface area contributed by atoms with Gasteiger partial charge in [0.2, 0.25) is 0 Å². The topological polar surface area (TPSA) is 9.23 Å². The third-order valence-electron chi connectivity index (χ3n) is 5.39. The Bertz CT molecular complexity index is 1010. The van der Waals surface area contributed by atoms with Crippen molar-refractivity contribution in [1.82, 2.24) is 0 Å². The number of hydrogen-bond donors (Lipinski definition) is 0. The quantitative estimate of drug-likeness (QED) is 0.427. The van der Waals surface area contributed by atoms with Crippen LogP contribution in [0.25, 0.3) is 17.2 Å². The molecule has 156 valence electrons. The summed E-state index contributed by atoms with van der Waals surface area (Å²) in [6, 6.07) is 23.7. The maximum atomic E-state index is 6.32. The smallest absolute Gasteiger partial charge is 0.135 e. The highest BCUT2D eigenvalue weighted by atomic mass is 16.5. The van der Waals surface area contributed by atoms with Crippen LogP contribution < -0.4 is 4.74 Å². The van der Waals surface area contributed by atoms with Gasteiger partial charge in [-0.1, -0.05) is 102 Å². The second-order valence-corrected chi connectivity index (χ2v) is 9.96. The summed E-state index contributed by atoms with van der Waals surface area (Å²) in [6.45, 7) is 15.4. The fourth-order valence-electron chi connectivity index (χ4n) is 3.43. The van der Waals surface area contributed by atoms with E-state index in [1.165, 1.54) is 16.7 Å². The first-order valence-electron chi connectivity index (χ1n) is 10.7. The predicted octanol–water partition coefficient (Wildman–Crippen LogP) is 8.77. The Labute approximate surface area is 182 Å². The van der Waals surface area contributed by atoms with E-state index in [-0.39, 0.29) is 10.8 Å². The van der Waals surface area contributed by atoms with Crippen LogP contribution in [-0.2, 0) is 10.8 Å². The van der Waals surface area contributed by atoms with Crippen molar-refractivity contribution in [2.45, 2.75) is 59.3 Å². The number of ether oxygens (including phenoxy) is 1. The van der Waals surface area contributed by atoms with E-state index in [4.69, 9.17) is 4.74 Å². The molecule has 3 rings (SSSR count). The van der Waals surface area contributed by atoms with Crippen molar-refractivity contribution in [1.29, 1.82) is 0 Å². The fraction of sp³-hybridized carbons (Fsp3) is 0.310. The first-order valence-corrected chi connectivity index (χ1v) is 10.7. The van der Waals surface area contributed by atoms with E-state index in [1.807, 2.05) is 13.0 Å². The molecular formula is C29H34O. The molecule has 0 bridgehead atoms. The van der Waals surface area contributed by atoms with Gasteiger partial charge in [0.15, 0.2) is 0 Å². The monoisotopic (exact) mass is 398 g/mol. The standard InChI is InChI=1S/C29H34O/c1-8-9-22-10-11-23(21-12-14-24(15-13-21)28(2,3)4)20-27(22)30-26-18-16-25(17-19-26)29(5,6)7/h8-20H,1-7H3/b9-8+. The summed E-state index contributed by atoms with van der Waals surface area (Å²) in [5, 5.41) is 0. The van der Waals surface area contributed by atoms with E-state index in [0.29, 0.717) is 0 Å². The van der Waals surface area contributed by atoms with Crippen LogP contribution in [0, 0.1) is 0 Å². The summed E-state index contributed by atoms with van der Waals surface area (Å²) in [7, 11) is 0. The molecule has 3 aromatic rings. The maximum Gasteiger partial charge on any atom is 0.135 e. The molecule has 30 heavy (non-hydrogen) atoms. The third-order valence-corrected chi connectivity index (χ3v) is 5.39. The second kappa shape index (κ2) is 8.52. The Balaban J connectivity index is 1.93. The minimum atomic E-state index is 0.133. The van der Waals surface area contributed by atoms with Gasteiger partial charge in [0.05, 0.1) is 0 Å². The summed E-state index contributed by atoms with van der Waals surface area (Å²) in [5.74, 6) is 1.72. The van der Waals surface area contributed by atoms with Crippen molar-refractivity contribution < 1.29 is 4.74 Å². The van der Waals surface area contributed by atoms with Crippen LogP contribution in [0.4, 0.5) is 0 Å². The minimum absolute atomic E-state index is 0.133. The SMILES string of the molecule is C/C=C/c1ccc(-c2ccc(C(C)(C)C)cc2)cc1Oc1ccc(C(C)(C)C)cc1. The van der Waals surface area contributed by atoms with Crippen LogP contribution in [0.2, 0.25) is 0 Å². The van der Waals surface area contributed by atoms with Crippen LogP contribution in [-0.4, -0.2) is 0 Å².